The smallest absolute Gasteiger partial charge is 0.326 e. The van der Waals surface area contributed by atoms with Crippen molar-refractivity contribution in [3.8, 4) is 0 Å². The summed E-state index contributed by atoms with van der Waals surface area (Å²) in [5.74, 6) is -1.41. The van der Waals surface area contributed by atoms with Crippen LogP contribution in [0.2, 0.25) is 0 Å². The maximum absolute atomic E-state index is 14.0. The van der Waals surface area contributed by atoms with Gasteiger partial charge in [-0.2, -0.15) is 18.3 Å². The number of carbonyl (C=O) groups is 1. The number of pyridine rings is 1. The molecule has 9 nitrogen and oxygen atoms in total. The van der Waals surface area contributed by atoms with Gasteiger partial charge in [-0.1, -0.05) is 26.0 Å². The first-order valence-electron chi connectivity index (χ1n) is 13.9. The normalized spacial score (nSPS) is 20.8. The Morgan fingerprint density at radius 2 is 1.93 bits per heavy atom. The summed E-state index contributed by atoms with van der Waals surface area (Å²) >= 11 is 0. The van der Waals surface area contributed by atoms with E-state index in [1.807, 2.05) is 31.7 Å². The number of amides is 1. The molecular weight excluding hydrogens is 552 g/mol. The van der Waals surface area contributed by atoms with E-state index in [1.165, 1.54) is 24.7 Å². The third-order valence-corrected chi connectivity index (χ3v) is 8.14. The van der Waals surface area contributed by atoms with Crippen LogP contribution >= 0.6 is 0 Å². The van der Waals surface area contributed by atoms with Crippen molar-refractivity contribution in [3.05, 3.63) is 77.5 Å². The maximum atomic E-state index is 14.0. The Balaban J connectivity index is 1.30. The standard InChI is InChI=1S/C29H32F4N8O/c1-18-13-39(22(12-35-18)14-38-9-8-34-27(38)29(31,32)33)15-24(42)40-16-28(2,3)25-23(40)11-20(26-36-17-37-41(25)26)10-19-4-6-21(30)7-5-19/h4-9,11,17-18,22,35H,10,12-16H2,1-3H3/t18-,22-/m1/s1. The van der Waals surface area contributed by atoms with Gasteiger partial charge in [-0.25, -0.2) is 18.9 Å². The average molecular weight is 585 g/mol. The van der Waals surface area contributed by atoms with Crippen molar-refractivity contribution in [1.82, 2.24) is 34.4 Å². The van der Waals surface area contributed by atoms with Gasteiger partial charge in [0.15, 0.2) is 5.65 Å². The zero-order valence-electron chi connectivity index (χ0n) is 23.6. The molecule has 6 rings (SSSR count). The van der Waals surface area contributed by atoms with Crippen molar-refractivity contribution in [2.24, 2.45) is 0 Å². The number of anilines is 1. The van der Waals surface area contributed by atoms with Crippen LogP contribution in [-0.2, 0) is 29.4 Å². The van der Waals surface area contributed by atoms with Crippen molar-refractivity contribution in [1.29, 1.82) is 0 Å². The van der Waals surface area contributed by atoms with Gasteiger partial charge < -0.3 is 14.8 Å². The minimum absolute atomic E-state index is 0.0466. The van der Waals surface area contributed by atoms with Crippen LogP contribution in [0.1, 0.15) is 43.4 Å². The summed E-state index contributed by atoms with van der Waals surface area (Å²) in [6, 6.07) is 7.95. The molecule has 222 valence electrons. The fraction of sp³-hybridized carbons (Fsp3) is 0.448. The SMILES string of the molecule is C[C@@H]1CN(CC(=O)N2CC(C)(C)c3c2cc(Cc2ccc(F)cc2)c2ncnn32)[C@@H](Cn2ccnc2C(F)(F)F)CN1. The molecule has 13 heteroatoms. The van der Waals surface area contributed by atoms with Gasteiger partial charge in [0.2, 0.25) is 11.7 Å². The number of imidazole rings is 1. The van der Waals surface area contributed by atoms with Crippen molar-refractivity contribution < 1.29 is 22.4 Å². The first-order valence-corrected chi connectivity index (χ1v) is 13.9. The quantitative estimate of drug-likeness (QED) is 0.349. The number of fused-ring (bicyclic) bond motifs is 3. The molecule has 4 aromatic rings. The largest absolute Gasteiger partial charge is 0.449 e. The van der Waals surface area contributed by atoms with E-state index >= 15 is 0 Å². The molecule has 0 bridgehead atoms. The van der Waals surface area contributed by atoms with Gasteiger partial charge in [-0.15, -0.1) is 0 Å². The highest BCUT2D eigenvalue weighted by Gasteiger charge is 2.43. The Hall–Kier alpha value is -3.84. The third-order valence-electron chi connectivity index (χ3n) is 8.14. The fourth-order valence-corrected chi connectivity index (χ4v) is 6.20. The molecule has 2 aliphatic heterocycles. The fourth-order valence-electron chi connectivity index (χ4n) is 6.20. The Morgan fingerprint density at radius 1 is 1.17 bits per heavy atom. The molecular formula is C29H32F4N8O. The lowest BCUT2D eigenvalue weighted by molar-refractivity contribution is -0.147. The van der Waals surface area contributed by atoms with Crippen LogP contribution in [0.5, 0.6) is 0 Å². The number of rotatable bonds is 6. The molecule has 1 saturated heterocycles. The Labute approximate surface area is 240 Å². The van der Waals surface area contributed by atoms with Crippen molar-refractivity contribution in [3.63, 3.8) is 0 Å². The molecule has 2 atom stereocenters. The predicted octanol–water partition coefficient (Wildman–Crippen LogP) is 3.66. The average Bonchev–Trinajstić information content (AvgIpc) is 3.65. The number of carbonyl (C=O) groups excluding carboxylic acids is 1. The van der Waals surface area contributed by atoms with E-state index in [2.05, 4.69) is 20.4 Å². The van der Waals surface area contributed by atoms with E-state index in [9.17, 15) is 22.4 Å². The van der Waals surface area contributed by atoms with Gasteiger partial charge in [0.05, 0.1) is 17.9 Å². The Morgan fingerprint density at radius 3 is 2.67 bits per heavy atom. The number of hydrogen-bond acceptors (Lipinski definition) is 6. The minimum atomic E-state index is -4.57. The molecule has 0 saturated carbocycles. The highest BCUT2D eigenvalue weighted by molar-refractivity contribution is 5.97. The van der Waals surface area contributed by atoms with Crippen molar-refractivity contribution in [2.75, 3.05) is 31.1 Å². The monoisotopic (exact) mass is 584 g/mol. The van der Waals surface area contributed by atoms with Gasteiger partial charge in [-0.3, -0.25) is 9.69 Å². The van der Waals surface area contributed by atoms with E-state index in [0.717, 1.165) is 33.3 Å². The summed E-state index contributed by atoms with van der Waals surface area (Å²) in [6.45, 7) is 7.55. The van der Waals surface area contributed by atoms with Crippen LogP contribution in [0.4, 0.5) is 23.2 Å². The van der Waals surface area contributed by atoms with Crippen LogP contribution in [0, 0.1) is 5.82 Å². The summed E-state index contributed by atoms with van der Waals surface area (Å²) in [5, 5.41) is 7.82. The van der Waals surface area contributed by atoms with E-state index in [1.54, 1.807) is 21.5 Å². The second kappa shape index (κ2) is 10.5. The number of benzene rings is 1. The molecule has 0 radical (unpaired) electrons. The Bertz CT molecular complexity index is 1610. The summed E-state index contributed by atoms with van der Waals surface area (Å²) in [7, 11) is 0. The zero-order valence-corrected chi connectivity index (χ0v) is 23.6. The molecule has 3 aromatic heterocycles. The zero-order chi connectivity index (χ0) is 29.8. The number of nitrogens with one attached hydrogen (secondary N) is 1. The molecule has 1 fully saturated rings. The van der Waals surface area contributed by atoms with Gasteiger partial charge in [-0.05, 0) is 30.7 Å². The van der Waals surface area contributed by atoms with Crippen molar-refractivity contribution in [2.45, 2.75) is 57.4 Å². The molecule has 0 spiro atoms. The summed E-state index contributed by atoms with van der Waals surface area (Å²) in [4.78, 5) is 25.7. The molecule has 42 heavy (non-hydrogen) atoms. The van der Waals surface area contributed by atoms with E-state index in [0.29, 0.717) is 31.7 Å². The first kappa shape index (κ1) is 28.3. The predicted molar refractivity (Wildman–Crippen MR) is 148 cm³/mol. The number of hydrogen-bond donors (Lipinski definition) is 1. The number of nitrogens with zero attached hydrogens (tertiary/aromatic N) is 7. The van der Waals surface area contributed by atoms with Gasteiger partial charge in [0.25, 0.3) is 0 Å². The Kier molecular flexibility index (Phi) is 7.04. The van der Waals surface area contributed by atoms with E-state index in [4.69, 9.17) is 0 Å². The van der Waals surface area contributed by atoms with E-state index < -0.39 is 17.4 Å². The number of halogens is 4. The van der Waals surface area contributed by atoms with Gasteiger partial charge >= 0.3 is 6.18 Å². The number of piperazine rings is 1. The van der Waals surface area contributed by atoms with E-state index in [-0.39, 0.29) is 36.9 Å². The van der Waals surface area contributed by atoms with Gasteiger partial charge in [0, 0.05) is 68.1 Å². The molecule has 5 heterocycles. The molecule has 1 aromatic carbocycles. The number of alkyl halides is 3. The first-order chi connectivity index (χ1) is 19.9. The lowest BCUT2D eigenvalue weighted by Gasteiger charge is -2.40. The van der Waals surface area contributed by atoms with Crippen LogP contribution in [0.3, 0.4) is 0 Å². The molecule has 0 unspecified atom stereocenters. The molecule has 1 amide bonds. The third kappa shape index (κ3) is 5.26. The molecule has 0 aliphatic carbocycles. The summed E-state index contributed by atoms with van der Waals surface area (Å²) in [6.07, 6.45) is -0.131. The van der Waals surface area contributed by atoms with Gasteiger partial charge in [0.1, 0.15) is 12.1 Å². The van der Waals surface area contributed by atoms with Crippen LogP contribution in [0.15, 0.2) is 49.1 Å². The highest BCUT2D eigenvalue weighted by Crippen LogP contribution is 2.42. The number of aromatic nitrogens is 5. The van der Waals surface area contributed by atoms with Crippen molar-refractivity contribution >= 4 is 17.2 Å². The summed E-state index contributed by atoms with van der Waals surface area (Å²) < 4.78 is 56.9. The lowest BCUT2D eigenvalue weighted by Crippen LogP contribution is -2.59. The van der Waals surface area contributed by atoms with Crippen LogP contribution in [0.25, 0.3) is 5.65 Å². The maximum Gasteiger partial charge on any atom is 0.449 e. The second-order valence-electron chi connectivity index (χ2n) is 11.9. The second-order valence-corrected chi connectivity index (χ2v) is 11.9. The summed E-state index contributed by atoms with van der Waals surface area (Å²) in [5.41, 5.74) is 3.59. The topological polar surface area (TPSA) is 83.6 Å². The minimum Gasteiger partial charge on any atom is -0.326 e. The van der Waals surface area contributed by atoms with Crippen LogP contribution in [-0.4, -0.2) is 73.2 Å². The molecule has 2 aliphatic rings. The van der Waals surface area contributed by atoms with Crippen LogP contribution < -0.4 is 10.2 Å². The lowest BCUT2D eigenvalue weighted by atomic mass is 9.90. The molecule has 1 N–H and O–H groups in total. The highest BCUT2D eigenvalue weighted by atomic mass is 19.4.